The summed E-state index contributed by atoms with van der Waals surface area (Å²) in [4.78, 5) is 11.7. The van der Waals surface area contributed by atoms with Crippen LogP contribution in [0.25, 0.3) is 10.8 Å². The van der Waals surface area contributed by atoms with Gasteiger partial charge in [-0.3, -0.25) is 4.79 Å². The molecule has 0 atom stereocenters. The number of rotatable bonds is 0. The SMILES string of the molecule is O=C1CCC[n+]2cc3ccccc3cc21. The molecule has 1 aliphatic heterocycles. The van der Waals surface area contributed by atoms with Crippen molar-refractivity contribution in [3.8, 4) is 0 Å². The van der Waals surface area contributed by atoms with E-state index in [9.17, 15) is 4.79 Å². The number of aromatic nitrogens is 1. The number of carbonyl (C=O) groups excluding carboxylic acids is 1. The van der Waals surface area contributed by atoms with Crippen LogP contribution in [0.1, 0.15) is 23.3 Å². The average molecular weight is 198 g/mol. The third-order valence-corrected chi connectivity index (χ3v) is 2.98. The zero-order valence-corrected chi connectivity index (χ0v) is 8.44. The van der Waals surface area contributed by atoms with Crippen LogP contribution in [0.3, 0.4) is 0 Å². The van der Waals surface area contributed by atoms with Crippen molar-refractivity contribution < 1.29 is 9.36 Å². The van der Waals surface area contributed by atoms with E-state index in [0.29, 0.717) is 6.42 Å². The van der Waals surface area contributed by atoms with E-state index in [2.05, 4.69) is 22.9 Å². The number of Topliss-reactive ketones (excluding diaryl/α,β-unsaturated/α-hetero) is 1. The van der Waals surface area contributed by atoms with Crippen LogP contribution in [0.15, 0.2) is 36.5 Å². The molecule has 15 heavy (non-hydrogen) atoms. The highest BCUT2D eigenvalue weighted by Gasteiger charge is 2.24. The highest BCUT2D eigenvalue weighted by atomic mass is 16.1. The fraction of sp³-hybridized carbons (Fsp3) is 0.231. The van der Waals surface area contributed by atoms with Crippen LogP contribution < -0.4 is 4.57 Å². The Morgan fingerprint density at radius 1 is 1.13 bits per heavy atom. The zero-order chi connectivity index (χ0) is 10.3. The van der Waals surface area contributed by atoms with Gasteiger partial charge in [0.25, 0.3) is 0 Å². The summed E-state index contributed by atoms with van der Waals surface area (Å²) in [6, 6.07) is 10.2. The van der Waals surface area contributed by atoms with Crippen LogP contribution >= 0.6 is 0 Å². The Morgan fingerprint density at radius 2 is 1.93 bits per heavy atom. The van der Waals surface area contributed by atoms with Crippen molar-refractivity contribution in [2.24, 2.45) is 0 Å². The lowest BCUT2D eigenvalue weighted by Crippen LogP contribution is -2.43. The van der Waals surface area contributed by atoms with E-state index in [-0.39, 0.29) is 5.78 Å². The summed E-state index contributed by atoms with van der Waals surface area (Å²) >= 11 is 0. The third kappa shape index (κ3) is 1.33. The van der Waals surface area contributed by atoms with Crippen LogP contribution in [-0.2, 0) is 6.54 Å². The van der Waals surface area contributed by atoms with Gasteiger partial charge in [0, 0.05) is 24.3 Å². The molecule has 0 N–H and O–H groups in total. The van der Waals surface area contributed by atoms with Gasteiger partial charge in [0.1, 0.15) is 6.54 Å². The number of ketones is 1. The molecule has 0 saturated carbocycles. The number of fused-ring (bicyclic) bond motifs is 2. The smallest absolute Gasteiger partial charge is 0.249 e. The molecule has 0 unspecified atom stereocenters. The first-order valence-corrected chi connectivity index (χ1v) is 5.30. The van der Waals surface area contributed by atoms with Crippen molar-refractivity contribution in [2.45, 2.75) is 19.4 Å². The first-order valence-electron chi connectivity index (χ1n) is 5.30. The molecule has 0 spiro atoms. The fourth-order valence-electron chi connectivity index (χ4n) is 2.19. The van der Waals surface area contributed by atoms with Crippen molar-refractivity contribution >= 4 is 16.6 Å². The van der Waals surface area contributed by atoms with Crippen molar-refractivity contribution in [3.63, 3.8) is 0 Å². The summed E-state index contributed by atoms with van der Waals surface area (Å²) in [6.45, 7) is 0.964. The summed E-state index contributed by atoms with van der Waals surface area (Å²) in [5.41, 5.74) is 0.861. The van der Waals surface area contributed by atoms with Gasteiger partial charge in [-0.25, -0.2) is 0 Å². The molecule has 1 aromatic heterocycles. The van der Waals surface area contributed by atoms with Crippen LogP contribution in [0, 0.1) is 0 Å². The number of hydrogen-bond donors (Lipinski definition) is 0. The summed E-state index contributed by atoms with van der Waals surface area (Å²) in [5, 5.41) is 2.36. The second-order valence-electron chi connectivity index (χ2n) is 4.01. The molecule has 2 nitrogen and oxygen atoms in total. The lowest BCUT2D eigenvalue weighted by atomic mass is 10.0. The first-order chi connectivity index (χ1) is 7.34. The molecular weight excluding hydrogens is 186 g/mol. The highest BCUT2D eigenvalue weighted by Crippen LogP contribution is 2.16. The van der Waals surface area contributed by atoms with Gasteiger partial charge in [-0.2, -0.15) is 4.57 Å². The predicted molar refractivity (Wildman–Crippen MR) is 57.7 cm³/mol. The highest BCUT2D eigenvalue weighted by molar-refractivity contribution is 5.96. The Morgan fingerprint density at radius 3 is 2.80 bits per heavy atom. The lowest BCUT2D eigenvalue weighted by Gasteiger charge is -2.09. The van der Waals surface area contributed by atoms with Crippen molar-refractivity contribution in [2.75, 3.05) is 0 Å². The van der Waals surface area contributed by atoms with Crippen molar-refractivity contribution in [1.82, 2.24) is 0 Å². The van der Waals surface area contributed by atoms with Gasteiger partial charge in [-0.05, 0) is 11.5 Å². The molecule has 0 amide bonds. The molecule has 0 bridgehead atoms. The number of nitrogens with zero attached hydrogens (tertiary/aromatic N) is 1. The van der Waals surface area contributed by atoms with E-state index >= 15 is 0 Å². The van der Waals surface area contributed by atoms with Gasteiger partial charge >= 0.3 is 0 Å². The topological polar surface area (TPSA) is 20.9 Å². The maximum Gasteiger partial charge on any atom is 0.249 e. The third-order valence-electron chi connectivity index (χ3n) is 2.98. The Hall–Kier alpha value is -1.70. The van der Waals surface area contributed by atoms with Crippen LogP contribution in [0.2, 0.25) is 0 Å². The van der Waals surface area contributed by atoms with Gasteiger partial charge in [-0.1, -0.05) is 18.2 Å². The minimum atomic E-state index is 0.270. The molecule has 0 aliphatic carbocycles. The van der Waals surface area contributed by atoms with Crippen molar-refractivity contribution in [1.29, 1.82) is 0 Å². The molecule has 0 radical (unpaired) electrons. The number of pyridine rings is 1. The zero-order valence-electron chi connectivity index (χ0n) is 8.44. The van der Waals surface area contributed by atoms with Crippen LogP contribution in [-0.4, -0.2) is 5.78 Å². The molecule has 2 heterocycles. The van der Waals surface area contributed by atoms with E-state index in [1.807, 2.05) is 18.2 Å². The average Bonchev–Trinajstić information content (AvgIpc) is 2.27. The predicted octanol–water partition coefficient (Wildman–Crippen LogP) is 2.10. The van der Waals surface area contributed by atoms with E-state index in [1.54, 1.807) is 0 Å². The minimum absolute atomic E-state index is 0.270. The molecule has 2 heteroatoms. The Labute approximate surface area is 88.2 Å². The summed E-state index contributed by atoms with van der Waals surface area (Å²) in [5.74, 6) is 0.270. The summed E-state index contributed by atoms with van der Waals surface area (Å²) < 4.78 is 2.08. The first kappa shape index (κ1) is 8.60. The van der Waals surface area contributed by atoms with Gasteiger partial charge in [0.05, 0.1) is 0 Å². The van der Waals surface area contributed by atoms with Crippen LogP contribution in [0.5, 0.6) is 0 Å². The Kier molecular flexibility index (Phi) is 1.81. The molecule has 0 saturated heterocycles. The van der Waals surface area contributed by atoms with Crippen molar-refractivity contribution in [3.05, 3.63) is 42.2 Å². The number of hydrogen-bond acceptors (Lipinski definition) is 1. The van der Waals surface area contributed by atoms with E-state index in [4.69, 9.17) is 0 Å². The summed E-state index contributed by atoms with van der Waals surface area (Å²) in [7, 11) is 0. The maximum atomic E-state index is 11.7. The van der Waals surface area contributed by atoms with Gasteiger partial charge in [-0.15, -0.1) is 0 Å². The van der Waals surface area contributed by atoms with E-state index in [1.165, 1.54) is 5.39 Å². The number of aryl methyl sites for hydroxylation is 1. The number of carbonyl (C=O) groups is 1. The van der Waals surface area contributed by atoms with E-state index in [0.717, 1.165) is 24.0 Å². The summed E-state index contributed by atoms with van der Waals surface area (Å²) in [6.07, 6.45) is 3.74. The second kappa shape index (κ2) is 3.16. The standard InChI is InChI=1S/C13H12NO/c15-13-6-3-7-14-9-11-5-2-1-4-10(11)8-12(13)14/h1-2,4-5,8-9H,3,6-7H2/q+1. The van der Waals surface area contributed by atoms with Crippen LogP contribution in [0.4, 0.5) is 0 Å². The molecule has 2 aromatic rings. The molecule has 1 aromatic carbocycles. The van der Waals surface area contributed by atoms with Gasteiger partial charge in [0.15, 0.2) is 6.20 Å². The molecular formula is C13H12NO+. The van der Waals surface area contributed by atoms with Gasteiger partial charge in [0.2, 0.25) is 11.5 Å². The normalized spacial score (nSPS) is 15.3. The fourth-order valence-corrected chi connectivity index (χ4v) is 2.19. The lowest BCUT2D eigenvalue weighted by molar-refractivity contribution is -0.700. The monoisotopic (exact) mass is 198 g/mol. The van der Waals surface area contributed by atoms with E-state index < -0.39 is 0 Å². The Bertz CT molecular complexity index is 545. The quantitative estimate of drug-likeness (QED) is 0.594. The maximum absolute atomic E-state index is 11.7. The second-order valence-corrected chi connectivity index (χ2v) is 4.01. The molecule has 1 aliphatic rings. The van der Waals surface area contributed by atoms with Gasteiger partial charge < -0.3 is 0 Å². The molecule has 0 fully saturated rings. The largest absolute Gasteiger partial charge is 0.287 e. The number of benzene rings is 1. The molecule has 3 rings (SSSR count). The Balaban J connectivity index is 2.32. The molecule has 74 valence electrons. The minimum Gasteiger partial charge on any atom is -0.287 e.